The van der Waals surface area contributed by atoms with Crippen LogP contribution in [-0.2, 0) is 18.4 Å². The van der Waals surface area contributed by atoms with Gasteiger partial charge >= 0.3 is 0 Å². The van der Waals surface area contributed by atoms with Gasteiger partial charge in [-0.05, 0) is 47.5 Å². The van der Waals surface area contributed by atoms with Gasteiger partial charge in [-0.25, -0.2) is 9.36 Å². The zero-order valence-corrected chi connectivity index (χ0v) is 16.0. The molecule has 0 bridgehead atoms. The summed E-state index contributed by atoms with van der Waals surface area (Å²) in [5.41, 5.74) is 2.27. The number of aromatic nitrogens is 3. The molecule has 2 heterocycles. The van der Waals surface area contributed by atoms with Gasteiger partial charge in [-0.1, -0.05) is 45.0 Å². The van der Waals surface area contributed by atoms with Crippen LogP contribution in [0.3, 0.4) is 0 Å². The third-order valence-electron chi connectivity index (χ3n) is 4.14. The molecule has 4 nitrogen and oxygen atoms in total. The fourth-order valence-corrected chi connectivity index (χ4v) is 3.51. The average molecular weight is 356 g/mol. The molecule has 0 saturated carbocycles. The molecule has 132 valence electrons. The molecule has 5 heteroatoms. The van der Waals surface area contributed by atoms with Crippen molar-refractivity contribution in [3.05, 3.63) is 59.8 Å². The number of aromatic amines is 1. The number of nitrogens with zero attached hydrogens (tertiary/aromatic N) is 2. The molecule has 0 amide bonds. The molecule has 0 aliphatic rings. The van der Waals surface area contributed by atoms with Crippen molar-refractivity contribution < 1.29 is 5.11 Å². The number of benzene rings is 1. The number of hydrogen-bond donors (Lipinski definition) is 2. The van der Waals surface area contributed by atoms with Crippen molar-refractivity contribution >= 4 is 11.5 Å². The molecule has 2 aromatic heterocycles. The van der Waals surface area contributed by atoms with Crippen molar-refractivity contribution in [3.8, 4) is 10.4 Å². The SMILES string of the molecule is CC(C)(C)Cc1c[nH]c(CC(C)(O)c2ccc(-c3ccns3)cc2)n1. The van der Waals surface area contributed by atoms with E-state index in [1.165, 1.54) is 11.5 Å². The summed E-state index contributed by atoms with van der Waals surface area (Å²) in [6, 6.07) is 10.0. The van der Waals surface area contributed by atoms with Gasteiger partial charge in [0.15, 0.2) is 0 Å². The second-order valence-corrected chi connectivity index (χ2v) is 8.81. The maximum atomic E-state index is 10.9. The molecule has 0 fully saturated rings. The smallest absolute Gasteiger partial charge is 0.109 e. The minimum absolute atomic E-state index is 0.196. The minimum Gasteiger partial charge on any atom is -0.385 e. The van der Waals surface area contributed by atoms with Gasteiger partial charge in [0.2, 0.25) is 0 Å². The van der Waals surface area contributed by atoms with Crippen LogP contribution >= 0.6 is 11.5 Å². The predicted octanol–water partition coefficient (Wildman–Crippen LogP) is 4.57. The van der Waals surface area contributed by atoms with Crippen molar-refractivity contribution in [2.75, 3.05) is 0 Å². The van der Waals surface area contributed by atoms with Crippen molar-refractivity contribution in [1.82, 2.24) is 14.3 Å². The molecule has 2 N–H and O–H groups in total. The van der Waals surface area contributed by atoms with E-state index in [9.17, 15) is 5.11 Å². The van der Waals surface area contributed by atoms with Crippen LogP contribution in [0.1, 0.15) is 44.8 Å². The fourth-order valence-electron chi connectivity index (χ4n) is 2.92. The third kappa shape index (κ3) is 4.55. The molecule has 0 radical (unpaired) electrons. The molecule has 3 aromatic rings. The number of hydrogen-bond acceptors (Lipinski definition) is 4. The molecular weight excluding hydrogens is 330 g/mol. The van der Waals surface area contributed by atoms with Crippen molar-refractivity contribution in [2.24, 2.45) is 5.41 Å². The van der Waals surface area contributed by atoms with E-state index < -0.39 is 5.60 Å². The molecule has 1 aromatic carbocycles. The Bertz CT molecular complexity index is 812. The maximum Gasteiger partial charge on any atom is 0.109 e. The van der Waals surface area contributed by atoms with E-state index >= 15 is 0 Å². The molecule has 25 heavy (non-hydrogen) atoms. The van der Waals surface area contributed by atoms with Gasteiger partial charge in [-0.2, -0.15) is 0 Å². The van der Waals surface area contributed by atoms with E-state index in [2.05, 4.69) is 35.1 Å². The van der Waals surface area contributed by atoms with Crippen molar-refractivity contribution in [2.45, 2.75) is 46.1 Å². The molecule has 1 atom stereocenters. The summed E-state index contributed by atoms with van der Waals surface area (Å²) >= 11 is 1.47. The molecule has 0 aliphatic carbocycles. The Morgan fingerprint density at radius 1 is 1.04 bits per heavy atom. The number of nitrogens with one attached hydrogen (secondary N) is 1. The highest BCUT2D eigenvalue weighted by Gasteiger charge is 2.25. The number of H-pyrrole nitrogens is 1. The maximum absolute atomic E-state index is 10.9. The van der Waals surface area contributed by atoms with E-state index in [-0.39, 0.29) is 5.41 Å². The Morgan fingerprint density at radius 3 is 2.36 bits per heavy atom. The molecule has 0 saturated heterocycles. The van der Waals surface area contributed by atoms with Gasteiger partial charge in [-0.15, -0.1) is 0 Å². The van der Waals surface area contributed by atoms with Gasteiger partial charge in [0.1, 0.15) is 5.82 Å². The quantitative estimate of drug-likeness (QED) is 0.704. The molecule has 1 unspecified atom stereocenters. The normalized spacial score (nSPS) is 14.4. The van der Waals surface area contributed by atoms with Crippen molar-refractivity contribution in [1.29, 1.82) is 0 Å². The first-order valence-corrected chi connectivity index (χ1v) is 9.27. The molecular formula is C20H25N3OS. The standard InChI is InChI=1S/C20H25N3OS/c1-19(2,3)11-16-13-21-18(23-16)12-20(4,24)15-7-5-14(6-8-15)17-9-10-22-25-17/h5-10,13,24H,11-12H2,1-4H3,(H,21,23). The Morgan fingerprint density at radius 2 is 1.76 bits per heavy atom. The van der Waals surface area contributed by atoms with E-state index in [1.54, 1.807) is 6.20 Å². The minimum atomic E-state index is -0.969. The summed E-state index contributed by atoms with van der Waals surface area (Å²) in [7, 11) is 0. The van der Waals surface area contributed by atoms with E-state index in [0.29, 0.717) is 6.42 Å². The van der Waals surface area contributed by atoms with Crippen molar-refractivity contribution in [3.63, 3.8) is 0 Å². The van der Waals surface area contributed by atoms with Crippen LogP contribution in [0.2, 0.25) is 0 Å². The van der Waals surface area contributed by atoms with Crippen LogP contribution in [0.15, 0.2) is 42.7 Å². The van der Waals surface area contributed by atoms with Gasteiger partial charge in [0.25, 0.3) is 0 Å². The summed E-state index contributed by atoms with van der Waals surface area (Å²) in [4.78, 5) is 8.98. The number of rotatable bonds is 5. The molecule has 0 spiro atoms. The van der Waals surface area contributed by atoms with E-state index in [0.717, 1.165) is 33.9 Å². The first-order chi connectivity index (χ1) is 11.7. The Hall–Kier alpha value is -1.98. The van der Waals surface area contributed by atoms with Crippen LogP contribution in [0, 0.1) is 5.41 Å². The highest BCUT2D eigenvalue weighted by atomic mass is 32.1. The monoisotopic (exact) mass is 355 g/mol. The zero-order valence-electron chi connectivity index (χ0n) is 15.2. The van der Waals surface area contributed by atoms with Crippen LogP contribution in [0.4, 0.5) is 0 Å². The second kappa shape index (κ2) is 6.73. The third-order valence-corrected chi connectivity index (χ3v) is 4.93. The zero-order chi connectivity index (χ0) is 18.1. The lowest BCUT2D eigenvalue weighted by molar-refractivity contribution is 0.0556. The largest absolute Gasteiger partial charge is 0.385 e. The first kappa shape index (κ1) is 17.8. The number of aliphatic hydroxyl groups is 1. The average Bonchev–Trinajstić information content (AvgIpc) is 3.17. The van der Waals surface area contributed by atoms with E-state index in [1.807, 2.05) is 43.5 Å². The Labute approximate surface area is 153 Å². The highest BCUT2D eigenvalue weighted by Crippen LogP contribution is 2.29. The fraction of sp³-hybridized carbons (Fsp3) is 0.400. The van der Waals surface area contributed by atoms with E-state index in [4.69, 9.17) is 0 Å². The first-order valence-electron chi connectivity index (χ1n) is 8.50. The number of imidazole rings is 1. The summed E-state index contributed by atoms with van der Waals surface area (Å²) in [5.74, 6) is 0.816. The lowest BCUT2D eigenvalue weighted by Gasteiger charge is -2.23. The lowest BCUT2D eigenvalue weighted by atomic mass is 9.90. The summed E-state index contributed by atoms with van der Waals surface area (Å²) in [6.07, 6.45) is 5.12. The van der Waals surface area contributed by atoms with Gasteiger partial charge in [0, 0.05) is 18.8 Å². The van der Waals surface area contributed by atoms with Crippen LogP contribution in [0.25, 0.3) is 10.4 Å². The second-order valence-electron chi connectivity index (χ2n) is 7.98. The van der Waals surface area contributed by atoms with Gasteiger partial charge < -0.3 is 10.1 Å². The predicted molar refractivity (Wildman–Crippen MR) is 103 cm³/mol. The lowest BCUT2D eigenvalue weighted by Crippen LogP contribution is -2.24. The van der Waals surface area contributed by atoms with Crippen LogP contribution < -0.4 is 0 Å². The molecule has 3 rings (SSSR count). The highest BCUT2D eigenvalue weighted by molar-refractivity contribution is 7.09. The summed E-state index contributed by atoms with van der Waals surface area (Å²) in [5, 5.41) is 10.9. The van der Waals surface area contributed by atoms with Gasteiger partial charge in [0.05, 0.1) is 16.2 Å². The topological polar surface area (TPSA) is 61.8 Å². The van der Waals surface area contributed by atoms with Crippen LogP contribution in [0.5, 0.6) is 0 Å². The summed E-state index contributed by atoms with van der Waals surface area (Å²) < 4.78 is 4.13. The summed E-state index contributed by atoms with van der Waals surface area (Å²) in [6.45, 7) is 8.42. The Kier molecular flexibility index (Phi) is 4.80. The van der Waals surface area contributed by atoms with Crippen LogP contribution in [-0.4, -0.2) is 19.4 Å². The molecule has 0 aliphatic heterocycles. The Balaban J connectivity index is 1.73. The van der Waals surface area contributed by atoms with Gasteiger partial charge in [-0.3, -0.25) is 0 Å².